The molecule has 0 saturated carbocycles. The minimum atomic E-state index is -0.375. The number of rotatable bonds is 7. The van der Waals surface area contributed by atoms with E-state index in [-0.39, 0.29) is 23.7 Å². The molecule has 0 bridgehead atoms. The van der Waals surface area contributed by atoms with Crippen LogP contribution in [0.4, 0.5) is 10.1 Å². The van der Waals surface area contributed by atoms with Crippen molar-refractivity contribution in [3.8, 4) is 0 Å². The summed E-state index contributed by atoms with van der Waals surface area (Å²) in [4.78, 5) is 28.5. The van der Waals surface area contributed by atoms with E-state index in [9.17, 15) is 14.0 Å². The van der Waals surface area contributed by atoms with Crippen molar-refractivity contribution in [1.82, 2.24) is 15.1 Å². The predicted octanol–water partition coefficient (Wildman–Crippen LogP) is 1.54. The van der Waals surface area contributed by atoms with Gasteiger partial charge in [-0.1, -0.05) is 19.9 Å². The van der Waals surface area contributed by atoms with Crippen molar-refractivity contribution in [3.05, 3.63) is 30.1 Å². The lowest BCUT2D eigenvalue weighted by molar-refractivity contribution is -0.124. The van der Waals surface area contributed by atoms with Crippen LogP contribution in [0.2, 0.25) is 0 Å². The summed E-state index contributed by atoms with van der Waals surface area (Å²) in [6, 6.07) is 5.57. The third-order valence-electron chi connectivity index (χ3n) is 4.50. The second kappa shape index (κ2) is 9.64. The molecule has 144 valence electrons. The maximum atomic E-state index is 13.2. The topological polar surface area (TPSA) is 64.7 Å². The molecule has 1 aromatic carbocycles. The van der Waals surface area contributed by atoms with E-state index in [0.29, 0.717) is 24.7 Å². The summed E-state index contributed by atoms with van der Waals surface area (Å²) in [5, 5.41) is 5.68. The fourth-order valence-electron chi connectivity index (χ4n) is 2.86. The largest absolute Gasteiger partial charge is 0.355 e. The van der Waals surface area contributed by atoms with Crippen LogP contribution in [0.1, 0.15) is 20.8 Å². The lowest BCUT2D eigenvalue weighted by atomic mass is 10.2. The van der Waals surface area contributed by atoms with E-state index in [1.165, 1.54) is 12.1 Å². The van der Waals surface area contributed by atoms with Crippen molar-refractivity contribution in [3.63, 3.8) is 0 Å². The van der Waals surface area contributed by atoms with Gasteiger partial charge in [-0.3, -0.25) is 19.4 Å². The molecule has 0 aliphatic carbocycles. The molecular formula is C19H29FN4O2. The Morgan fingerprint density at radius 1 is 1.15 bits per heavy atom. The van der Waals surface area contributed by atoms with E-state index < -0.39 is 0 Å². The first-order valence-electron chi connectivity index (χ1n) is 9.14. The number of carbonyl (C=O) groups excluding carboxylic acids is 2. The highest BCUT2D eigenvalue weighted by atomic mass is 19.1. The van der Waals surface area contributed by atoms with Gasteiger partial charge in [-0.15, -0.1) is 0 Å². The SMILES string of the molecule is CC(C)CNC(=O)CN1CCN(C(C)C(=O)Nc2cccc(F)c2)CC1. The van der Waals surface area contributed by atoms with E-state index >= 15 is 0 Å². The Kier molecular flexibility index (Phi) is 7.53. The van der Waals surface area contributed by atoms with Crippen molar-refractivity contribution < 1.29 is 14.0 Å². The van der Waals surface area contributed by atoms with Crippen LogP contribution >= 0.6 is 0 Å². The second-order valence-corrected chi connectivity index (χ2v) is 7.19. The maximum absolute atomic E-state index is 13.2. The van der Waals surface area contributed by atoms with Crippen molar-refractivity contribution >= 4 is 17.5 Å². The number of nitrogens with one attached hydrogen (secondary N) is 2. The van der Waals surface area contributed by atoms with E-state index in [1.54, 1.807) is 12.1 Å². The number of hydrogen-bond acceptors (Lipinski definition) is 4. The maximum Gasteiger partial charge on any atom is 0.241 e. The first-order chi connectivity index (χ1) is 12.3. The third kappa shape index (κ3) is 6.38. The fourth-order valence-corrected chi connectivity index (χ4v) is 2.86. The van der Waals surface area contributed by atoms with Crippen molar-refractivity contribution in [1.29, 1.82) is 0 Å². The summed E-state index contributed by atoms with van der Waals surface area (Å²) in [6.07, 6.45) is 0. The quantitative estimate of drug-likeness (QED) is 0.770. The molecule has 1 unspecified atom stereocenters. The number of anilines is 1. The summed E-state index contributed by atoms with van der Waals surface area (Å²) < 4.78 is 13.2. The Balaban J connectivity index is 1.76. The highest BCUT2D eigenvalue weighted by molar-refractivity contribution is 5.94. The van der Waals surface area contributed by atoms with Gasteiger partial charge < -0.3 is 10.6 Å². The molecule has 1 heterocycles. The number of benzene rings is 1. The molecule has 1 aromatic rings. The second-order valence-electron chi connectivity index (χ2n) is 7.19. The smallest absolute Gasteiger partial charge is 0.241 e. The molecule has 26 heavy (non-hydrogen) atoms. The predicted molar refractivity (Wildman–Crippen MR) is 100 cm³/mol. The molecule has 0 radical (unpaired) electrons. The number of nitrogens with zero attached hydrogens (tertiary/aromatic N) is 2. The van der Waals surface area contributed by atoms with E-state index in [4.69, 9.17) is 0 Å². The van der Waals surface area contributed by atoms with E-state index in [2.05, 4.69) is 34.3 Å². The zero-order valence-electron chi connectivity index (χ0n) is 15.8. The zero-order chi connectivity index (χ0) is 19.1. The zero-order valence-corrected chi connectivity index (χ0v) is 15.8. The highest BCUT2D eigenvalue weighted by Crippen LogP contribution is 2.12. The fraction of sp³-hybridized carbons (Fsp3) is 0.579. The summed E-state index contributed by atoms with van der Waals surface area (Å²) in [5.74, 6) is -0.0455. The van der Waals surface area contributed by atoms with Crippen molar-refractivity contribution in [2.45, 2.75) is 26.8 Å². The third-order valence-corrected chi connectivity index (χ3v) is 4.50. The summed E-state index contributed by atoms with van der Waals surface area (Å²) in [7, 11) is 0. The molecule has 7 heteroatoms. The van der Waals surface area contributed by atoms with Crippen molar-refractivity contribution in [2.24, 2.45) is 5.92 Å². The summed E-state index contributed by atoms with van der Waals surface area (Å²) in [6.45, 7) is 9.98. The monoisotopic (exact) mass is 364 g/mol. The van der Waals surface area contributed by atoms with E-state index in [0.717, 1.165) is 26.2 Å². The van der Waals surface area contributed by atoms with Crippen LogP contribution in [-0.4, -0.2) is 66.9 Å². The molecule has 1 aliphatic rings. The molecule has 2 amide bonds. The highest BCUT2D eigenvalue weighted by Gasteiger charge is 2.26. The van der Waals surface area contributed by atoms with Crippen molar-refractivity contribution in [2.75, 3.05) is 44.6 Å². The lowest BCUT2D eigenvalue weighted by Gasteiger charge is -2.37. The molecule has 1 saturated heterocycles. The van der Waals surface area contributed by atoms with Crippen LogP contribution in [-0.2, 0) is 9.59 Å². The van der Waals surface area contributed by atoms with Gasteiger partial charge in [0.05, 0.1) is 12.6 Å². The van der Waals surface area contributed by atoms with Crippen LogP contribution in [0.25, 0.3) is 0 Å². The van der Waals surface area contributed by atoms with Gasteiger partial charge >= 0.3 is 0 Å². The Morgan fingerprint density at radius 2 is 1.85 bits per heavy atom. The minimum absolute atomic E-state index is 0.0454. The Hall–Kier alpha value is -1.99. The Morgan fingerprint density at radius 3 is 2.46 bits per heavy atom. The van der Waals surface area contributed by atoms with Gasteiger partial charge in [-0.05, 0) is 31.0 Å². The first-order valence-corrected chi connectivity index (χ1v) is 9.14. The molecule has 2 rings (SSSR count). The summed E-state index contributed by atoms with van der Waals surface area (Å²) in [5.41, 5.74) is 0.460. The van der Waals surface area contributed by atoms with Crippen LogP contribution < -0.4 is 10.6 Å². The number of amides is 2. The van der Waals surface area contributed by atoms with Gasteiger partial charge in [0.25, 0.3) is 0 Å². The molecule has 6 nitrogen and oxygen atoms in total. The standard InChI is InChI=1S/C19H29FN4O2/c1-14(2)12-21-18(25)13-23-7-9-24(10-8-23)15(3)19(26)22-17-6-4-5-16(20)11-17/h4-6,11,14-15H,7-10,12-13H2,1-3H3,(H,21,25)(H,22,26). The average molecular weight is 364 g/mol. The summed E-state index contributed by atoms with van der Waals surface area (Å²) >= 11 is 0. The molecule has 2 N–H and O–H groups in total. The van der Waals surface area contributed by atoms with Gasteiger partial charge in [-0.2, -0.15) is 0 Å². The lowest BCUT2D eigenvalue weighted by Crippen LogP contribution is -2.54. The number of halogens is 1. The van der Waals surface area contributed by atoms with Gasteiger partial charge in [0.2, 0.25) is 11.8 Å². The van der Waals surface area contributed by atoms with Gasteiger partial charge in [0, 0.05) is 38.4 Å². The Labute approximate surface area is 154 Å². The van der Waals surface area contributed by atoms with E-state index in [1.807, 2.05) is 6.92 Å². The molecule has 1 atom stereocenters. The minimum Gasteiger partial charge on any atom is -0.355 e. The first kappa shape index (κ1) is 20.3. The molecule has 0 aromatic heterocycles. The van der Waals surface area contributed by atoms with Gasteiger partial charge in [0.15, 0.2) is 0 Å². The van der Waals surface area contributed by atoms with Crippen LogP contribution in [0.3, 0.4) is 0 Å². The molecular weight excluding hydrogens is 335 g/mol. The van der Waals surface area contributed by atoms with Crippen LogP contribution in [0.5, 0.6) is 0 Å². The average Bonchev–Trinajstić information content (AvgIpc) is 2.60. The molecule has 1 fully saturated rings. The number of piperazine rings is 1. The van der Waals surface area contributed by atoms with Gasteiger partial charge in [0.1, 0.15) is 5.82 Å². The van der Waals surface area contributed by atoms with Crippen LogP contribution in [0.15, 0.2) is 24.3 Å². The molecule has 0 spiro atoms. The Bertz CT molecular complexity index is 615. The molecule has 1 aliphatic heterocycles. The van der Waals surface area contributed by atoms with Gasteiger partial charge in [-0.25, -0.2) is 4.39 Å². The van der Waals surface area contributed by atoms with Crippen LogP contribution in [0, 0.1) is 11.7 Å². The number of hydrogen-bond donors (Lipinski definition) is 2. The normalized spacial score (nSPS) is 17.1. The number of carbonyl (C=O) groups is 2.